The van der Waals surface area contributed by atoms with Crippen molar-refractivity contribution >= 4 is 29.1 Å². The van der Waals surface area contributed by atoms with E-state index < -0.39 is 0 Å². The number of nitrogens with zero attached hydrogens (tertiary/aromatic N) is 2. The second-order valence-electron chi connectivity index (χ2n) is 3.01. The van der Waals surface area contributed by atoms with Gasteiger partial charge in [0, 0.05) is 10.6 Å². The highest BCUT2D eigenvalue weighted by molar-refractivity contribution is 6.36. The maximum atomic E-state index is 8.90. The Hall–Kier alpha value is -1.70. The van der Waals surface area contributed by atoms with Crippen molar-refractivity contribution in [3.63, 3.8) is 0 Å². The number of nitrogen functional groups attached to an aromatic ring is 1. The minimum Gasteiger partial charge on any atom is -0.366 e. The van der Waals surface area contributed by atoms with Crippen molar-refractivity contribution in [2.75, 3.05) is 5.73 Å². The summed E-state index contributed by atoms with van der Waals surface area (Å²) < 4.78 is 4.74. The smallest absolute Gasteiger partial charge is 0.240 e. The first-order chi connectivity index (χ1) is 7.63. The Balaban J connectivity index is 2.64. The molecule has 0 fully saturated rings. The van der Waals surface area contributed by atoms with Crippen molar-refractivity contribution in [2.24, 2.45) is 0 Å². The number of nitriles is 1. The molecule has 0 saturated heterocycles. The minimum absolute atomic E-state index is 0.0245. The van der Waals surface area contributed by atoms with Crippen LogP contribution in [0, 0.1) is 11.3 Å². The molecule has 6 heteroatoms. The topological polar surface area (TPSA) is 75.8 Å². The van der Waals surface area contributed by atoms with Gasteiger partial charge in [0.05, 0.1) is 5.02 Å². The van der Waals surface area contributed by atoms with Crippen molar-refractivity contribution in [2.45, 2.75) is 0 Å². The van der Waals surface area contributed by atoms with Crippen LogP contribution in [0.2, 0.25) is 10.0 Å². The molecule has 0 atom stereocenters. The van der Waals surface area contributed by atoms with E-state index in [1.807, 2.05) is 6.07 Å². The van der Waals surface area contributed by atoms with Crippen molar-refractivity contribution in [3.8, 4) is 17.3 Å². The Kier molecular flexibility index (Phi) is 2.73. The number of nitrogens with two attached hydrogens (primary N) is 1. The molecule has 1 aromatic heterocycles. The maximum absolute atomic E-state index is 8.90. The van der Waals surface area contributed by atoms with Crippen LogP contribution in [0.25, 0.3) is 11.3 Å². The summed E-state index contributed by atoms with van der Waals surface area (Å²) in [4.78, 5) is 0. The summed E-state index contributed by atoms with van der Waals surface area (Å²) in [5, 5.41) is 13.5. The van der Waals surface area contributed by atoms with Crippen LogP contribution < -0.4 is 5.73 Å². The van der Waals surface area contributed by atoms with E-state index in [-0.39, 0.29) is 11.4 Å². The monoisotopic (exact) mass is 253 g/mol. The summed E-state index contributed by atoms with van der Waals surface area (Å²) in [5.74, 6) is -0.0245. The SMILES string of the molecule is N#Cc1c(-c2ccc(Cl)cc2Cl)noc1N. The van der Waals surface area contributed by atoms with Crippen molar-refractivity contribution in [1.82, 2.24) is 5.16 Å². The number of anilines is 1. The lowest BCUT2D eigenvalue weighted by molar-refractivity contribution is 0.439. The molecule has 2 N–H and O–H groups in total. The first kappa shape index (κ1) is 10.8. The highest BCUT2D eigenvalue weighted by Gasteiger charge is 2.17. The van der Waals surface area contributed by atoms with Crippen molar-refractivity contribution < 1.29 is 4.52 Å². The molecule has 2 rings (SSSR count). The van der Waals surface area contributed by atoms with E-state index in [4.69, 9.17) is 38.7 Å². The standard InChI is InChI=1S/C10H5Cl2N3O/c11-5-1-2-6(8(12)3-5)9-7(4-13)10(14)16-15-9/h1-3H,14H2. The molecule has 4 nitrogen and oxygen atoms in total. The molecule has 0 bridgehead atoms. The fourth-order valence-electron chi connectivity index (χ4n) is 1.28. The lowest BCUT2D eigenvalue weighted by atomic mass is 10.1. The minimum atomic E-state index is -0.0245. The fraction of sp³-hybridized carbons (Fsp3) is 0. The summed E-state index contributed by atoms with van der Waals surface area (Å²) in [6, 6.07) is 6.77. The second kappa shape index (κ2) is 4.05. The molecular weight excluding hydrogens is 249 g/mol. The molecule has 2 aromatic rings. The third kappa shape index (κ3) is 1.71. The van der Waals surface area contributed by atoms with Gasteiger partial charge in [0.15, 0.2) is 0 Å². The number of halogens is 2. The summed E-state index contributed by atoms with van der Waals surface area (Å²) in [6.07, 6.45) is 0. The molecule has 0 radical (unpaired) electrons. The van der Waals surface area contributed by atoms with Gasteiger partial charge < -0.3 is 10.3 Å². The van der Waals surface area contributed by atoms with Gasteiger partial charge in [-0.2, -0.15) is 5.26 Å². The van der Waals surface area contributed by atoms with E-state index in [2.05, 4.69) is 5.16 Å². The van der Waals surface area contributed by atoms with Crippen LogP contribution in [0.4, 0.5) is 5.88 Å². The van der Waals surface area contributed by atoms with Crippen LogP contribution >= 0.6 is 23.2 Å². The third-order valence-corrected chi connectivity index (χ3v) is 2.56. The van der Waals surface area contributed by atoms with Gasteiger partial charge in [-0.15, -0.1) is 0 Å². The fourth-order valence-corrected chi connectivity index (χ4v) is 1.77. The highest BCUT2D eigenvalue weighted by Crippen LogP contribution is 2.33. The number of hydrogen-bond donors (Lipinski definition) is 1. The largest absolute Gasteiger partial charge is 0.366 e. The Morgan fingerprint density at radius 3 is 2.75 bits per heavy atom. The molecule has 0 saturated carbocycles. The van der Waals surface area contributed by atoms with Crippen LogP contribution in [-0.2, 0) is 0 Å². The van der Waals surface area contributed by atoms with Gasteiger partial charge in [0.25, 0.3) is 0 Å². The van der Waals surface area contributed by atoms with Crippen LogP contribution in [0.3, 0.4) is 0 Å². The Bertz CT molecular complexity index is 586. The molecule has 0 spiro atoms. The zero-order chi connectivity index (χ0) is 11.7. The quantitative estimate of drug-likeness (QED) is 0.848. The summed E-state index contributed by atoms with van der Waals surface area (Å²) >= 11 is 11.8. The lowest BCUT2D eigenvalue weighted by Gasteiger charge is -2.00. The van der Waals surface area contributed by atoms with E-state index in [9.17, 15) is 0 Å². The van der Waals surface area contributed by atoms with E-state index in [0.29, 0.717) is 21.3 Å². The maximum Gasteiger partial charge on any atom is 0.240 e. The molecule has 0 unspecified atom stereocenters. The molecule has 0 aliphatic rings. The van der Waals surface area contributed by atoms with E-state index in [1.54, 1.807) is 18.2 Å². The van der Waals surface area contributed by atoms with Crippen molar-refractivity contribution in [3.05, 3.63) is 33.8 Å². The van der Waals surface area contributed by atoms with Gasteiger partial charge in [0.1, 0.15) is 17.3 Å². The van der Waals surface area contributed by atoms with E-state index in [0.717, 1.165) is 0 Å². The van der Waals surface area contributed by atoms with E-state index in [1.165, 1.54) is 0 Å². The van der Waals surface area contributed by atoms with Gasteiger partial charge in [-0.05, 0) is 18.2 Å². The zero-order valence-corrected chi connectivity index (χ0v) is 9.38. The summed E-state index contributed by atoms with van der Waals surface area (Å²) in [5.41, 5.74) is 6.50. The summed E-state index contributed by atoms with van der Waals surface area (Å²) in [6.45, 7) is 0. The van der Waals surface area contributed by atoms with E-state index >= 15 is 0 Å². The molecule has 80 valence electrons. The molecule has 0 aliphatic carbocycles. The van der Waals surface area contributed by atoms with Crippen LogP contribution in [0.5, 0.6) is 0 Å². The number of benzene rings is 1. The average Bonchev–Trinajstić information content (AvgIpc) is 2.59. The summed E-state index contributed by atoms with van der Waals surface area (Å²) in [7, 11) is 0. The molecule has 0 aliphatic heterocycles. The molecule has 1 aromatic carbocycles. The molecule has 16 heavy (non-hydrogen) atoms. The Morgan fingerprint density at radius 1 is 1.38 bits per heavy atom. The molecular formula is C10H5Cl2N3O. The zero-order valence-electron chi connectivity index (χ0n) is 7.87. The molecule has 0 amide bonds. The van der Waals surface area contributed by atoms with Gasteiger partial charge in [0.2, 0.25) is 5.88 Å². The van der Waals surface area contributed by atoms with Crippen molar-refractivity contribution in [1.29, 1.82) is 5.26 Å². The van der Waals surface area contributed by atoms with Crippen LogP contribution in [0.15, 0.2) is 22.7 Å². The molecule has 1 heterocycles. The Labute approximate surface area is 101 Å². The van der Waals surface area contributed by atoms with Gasteiger partial charge in [-0.3, -0.25) is 0 Å². The number of hydrogen-bond acceptors (Lipinski definition) is 4. The second-order valence-corrected chi connectivity index (χ2v) is 3.85. The van der Waals surface area contributed by atoms with Gasteiger partial charge >= 0.3 is 0 Å². The highest BCUT2D eigenvalue weighted by atomic mass is 35.5. The average molecular weight is 254 g/mol. The van der Waals surface area contributed by atoms with Gasteiger partial charge in [-0.25, -0.2) is 0 Å². The first-order valence-corrected chi connectivity index (χ1v) is 4.99. The normalized spacial score (nSPS) is 10.1. The number of aromatic nitrogens is 1. The first-order valence-electron chi connectivity index (χ1n) is 4.24. The lowest BCUT2D eigenvalue weighted by Crippen LogP contribution is -1.87. The predicted molar refractivity (Wildman–Crippen MR) is 61.1 cm³/mol. The van der Waals surface area contributed by atoms with Crippen LogP contribution in [0.1, 0.15) is 5.56 Å². The predicted octanol–water partition coefficient (Wildman–Crippen LogP) is 3.10. The third-order valence-electron chi connectivity index (χ3n) is 2.02. The van der Waals surface area contributed by atoms with Crippen LogP contribution in [-0.4, -0.2) is 5.16 Å². The van der Waals surface area contributed by atoms with Gasteiger partial charge in [-0.1, -0.05) is 28.4 Å². The number of rotatable bonds is 1. The Morgan fingerprint density at radius 2 is 2.12 bits per heavy atom.